The fourth-order valence-corrected chi connectivity index (χ4v) is 3.71. The maximum atomic E-state index is 11.2. The van der Waals surface area contributed by atoms with E-state index in [4.69, 9.17) is 4.74 Å². The van der Waals surface area contributed by atoms with Gasteiger partial charge in [0.2, 0.25) is 10.0 Å². The predicted molar refractivity (Wildman–Crippen MR) is 91.1 cm³/mol. The summed E-state index contributed by atoms with van der Waals surface area (Å²) in [4.78, 5) is 6.91. The normalized spacial score (nSPS) is 19.7. The quantitative estimate of drug-likeness (QED) is 0.848. The van der Waals surface area contributed by atoms with Gasteiger partial charge in [0.1, 0.15) is 5.75 Å². The maximum Gasteiger partial charge on any atom is 0.208 e. The van der Waals surface area contributed by atoms with Crippen LogP contribution in [0.5, 0.6) is 5.75 Å². The van der Waals surface area contributed by atoms with Gasteiger partial charge in [0.05, 0.1) is 19.1 Å². The number of sulfonamides is 1. The topological polar surface area (TPSA) is 71.5 Å². The van der Waals surface area contributed by atoms with Crippen molar-refractivity contribution in [3.8, 4) is 5.75 Å². The number of nitrogens with one attached hydrogen (secondary N) is 1. The van der Waals surface area contributed by atoms with Gasteiger partial charge in [-0.15, -0.1) is 0 Å². The molecular formula is C16H27N3O3S. The van der Waals surface area contributed by atoms with Gasteiger partial charge in [-0.2, -0.15) is 0 Å². The van der Waals surface area contributed by atoms with Crippen molar-refractivity contribution in [2.75, 3.05) is 33.0 Å². The Labute approximate surface area is 139 Å². The van der Waals surface area contributed by atoms with Crippen LogP contribution in [-0.4, -0.2) is 51.3 Å². The second-order valence-corrected chi connectivity index (χ2v) is 8.24. The number of nitrogens with zero attached hydrogens (tertiary/aromatic N) is 2. The molecule has 0 aromatic carbocycles. The largest absolute Gasteiger partial charge is 0.496 e. The van der Waals surface area contributed by atoms with Crippen molar-refractivity contribution >= 4 is 10.0 Å². The Kier molecular flexibility index (Phi) is 6.00. The molecule has 1 aromatic heterocycles. The molecule has 7 heteroatoms. The molecule has 0 spiro atoms. The van der Waals surface area contributed by atoms with E-state index in [0.717, 1.165) is 55.0 Å². The number of aryl methyl sites for hydroxylation is 1. The van der Waals surface area contributed by atoms with Crippen molar-refractivity contribution in [1.29, 1.82) is 0 Å². The molecule has 0 bridgehead atoms. The molecule has 1 aromatic rings. The molecule has 0 saturated carbocycles. The molecule has 130 valence electrons. The SMILES string of the molecule is COc1c(C)cnc(CN2CCCC(CNS(C)(=O)=O)C2)c1C. The summed E-state index contributed by atoms with van der Waals surface area (Å²) in [6.07, 6.45) is 5.20. The lowest BCUT2D eigenvalue weighted by Gasteiger charge is -2.32. The molecule has 1 aliphatic rings. The minimum Gasteiger partial charge on any atom is -0.496 e. The second kappa shape index (κ2) is 7.59. The summed E-state index contributed by atoms with van der Waals surface area (Å²) in [5.41, 5.74) is 3.16. The Morgan fingerprint density at radius 2 is 2.17 bits per heavy atom. The minimum absolute atomic E-state index is 0.353. The summed E-state index contributed by atoms with van der Waals surface area (Å²) in [7, 11) is -1.43. The number of hydrogen-bond acceptors (Lipinski definition) is 5. The lowest BCUT2D eigenvalue weighted by Crippen LogP contribution is -2.40. The number of pyridine rings is 1. The lowest BCUT2D eigenvalue weighted by molar-refractivity contribution is 0.166. The van der Waals surface area contributed by atoms with Crippen molar-refractivity contribution in [2.24, 2.45) is 5.92 Å². The molecule has 23 heavy (non-hydrogen) atoms. The van der Waals surface area contributed by atoms with Crippen LogP contribution in [0.3, 0.4) is 0 Å². The highest BCUT2D eigenvalue weighted by atomic mass is 32.2. The number of likely N-dealkylation sites (tertiary alicyclic amines) is 1. The molecule has 0 amide bonds. The third-order valence-electron chi connectivity index (χ3n) is 4.36. The van der Waals surface area contributed by atoms with Gasteiger partial charge in [-0.1, -0.05) is 0 Å². The standard InChI is InChI=1S/C16H27N3O3S/c1-12-8-17-15(13(2)16(12)22-3)11-19-7-5-6-14(10-19)9-18-23(4,20)21/h8,14,18H,5-7,9-11H2,1-4H3. The molecular weight excluding hydrogens is 314 g/mol. The fourth-order valence-electron chi connectivity index (χ4n) is 3.17. The molecule has 1 unspecified atom stereocenters. The summed E-state index contributed by atoms with van der Waals surface area (Å²) in [6, 6.07) is 0. The van der Waals surface area contributed by atoms with E-state index in [1.165, 1.54) is 6.26 Å². The van der Waals surface area contributed by atoms with Crippen LogP contribution in [0.4, 0.5) is 0 Å². The zero-order chi connectivity index (χ0) is 17.0. The molecule has 1 saturated heterocycles. The van der Waals surface area contributed by atoms with Gasteiger partial charge in [-0.25, -0.2) is 13.1 Å². The van der Waals surface area contributed by atoms with Crippen molar-refractivity contribution in [1.82, 2.24) is 14.6 Å². The smallest absolute Gasteiger partial charge is 0.208 e. The Morgan fingerprint density at radius 1 is 1.43 bits per heavy atom. The Morgan fingerprint density at radius 3 is 2.83 bits per heavy atom. The first-order chi connectivity index (χ1) is 10.8. The van der Waals surface area contributed by atoms with Crippen LogP contribution < -0.4 is 9.46 Å². The molecule has 1 N–H and O–H groups in total. The first-order valence-electron chi connectivity index (χ1n) is 7.96. The number of ether oxygens (including phenoxy) is 1. The van der Waals surface area contributed by atoms with Crippen LogP contribution in [0.2, 0.25) is 0 Å². The van der Waals surface area contributed by atoms with E-state index >= 15 is 0 Å². The zero-order valence-corrected chi connectivity index (χ0v) is 15.2. The predicted octanol–water partition coefficient (Wildman–Crippen LogP) is 1.47. The Balaban J connectivity index is 2.00. The van der Waals surface area contributed by atoms with E-state index in [1.54, 1.807) is 7.11 Å². The molecule has 2 heterocycles. The van der Waals surface area contributed by atoms with E-state index in [2.05, 4.69) is 14.6 Å². The van der Waals surface area contributed by atoms with Crippen LogP contribution in [0.1, 0.15) is 29.7 Å². The van der Waals surface area contributed by atoms with Crippen molar-refractivity contribution in [2.45, 2.75) is 33.2 Å². The molecule has 1 fully saturated rings. The van der Waals surface area contributed by atoms with Gasteiger partial charge >= 0.3 is 0 Å². The third-order valence-corrected chi connectivity index (χ3v) is 5.05. The summed E-state index contributed by atoms with van der Waals surface area (Å²) in [5, 5.41) is 0. The summed E-state index contributed by atoms with van der Waals surface area (Å²) in [6.45, 7) is 7.24. The van der Waals surface area contributed by atoms with Crippen molar-refractivity contribution < 1.29 is 13.2 Å². The van der Waals surface area contributed by atoms with E-state index in [9.17, 15) is 8.42 Å². The van der Waals surface area contributed by atoms with Crippen molar-refractivity contribution in [3.63, 3.8) is 0 Å². The van der Waals surface area contributed by atoms with Crippen molar-refractivity contribution in [3.05, 3.63) is 23.0 Å². The minimum atomic E-state index is -3.12. The van der Waals surface area contributed by atoms with E-state index in [1.807, 2.05) is 20.0 Å². The molecule has 1 aliphatic heterocycles. The van der Waals surface area contributed by atoms with Crippen LogP contribution in [-0.2, 0) is 16.6 Å². The second-order valence-electron chi connectivity index (χ2n) is 6.41. The van der Waals surface area contributed by atoms with Gasteiger partial charge in [0.25, 0.3) is 0 Å². The maximum absolute atomic E-state index is 11.2. The van der Waals surface area contributed by atoms with E-state index < -0.39 is 10.0 Å². The Bertz CT molecular complexity index is 646. The van der Waals surface area contributed by atoms with Gasteiger partial charge < -0.3 is 4.74 Å². The number of hydrogen-bond donors (Lipinski definition) is 1. The summed E-state index contributed by atoms with van der Waals surface area (Å²) < 4.78 is 30.6. The molecule has 0 radical (unpaired) electrons. The fraction of sp³-hybridized carbons (Fsp3) is 0.688. The highest BCUT2D eigenvalue weighted by Gasteiger charge is 2.22. The highest BCUT2D eigenvalue weighted by molar-refractivity contribution is 7.88. The first kappa shape index (κ1) is 18.2. The van der Waals surface area contributed by atoms with Gasteiger partial charge in [-0.05, 0) is 39.2 Å². The highest BCUT2D eigenvalue weighted by Crippen LogP contribution is 2.26. The monoisotopic (exact) mass is 341 g/mol. The Hall–Kier alpha value is -1.18. The molecule has 1 atom stereocenters. The average molecular weight is 341 g/mol. The molecule has 0 aliphatic carbocycles. The zero-order valence-electron chi connectivity index (χ0n) is 14.4. The van der Waals surface area contributed by atoms with Crippen LogP contribution >= 0.6 is 0 Å². The van der Waals surface area contributed by atoms with Gasteiger partial charge in [0, 0.05) is 37.0 Å². The molecule has 2 rings (SSSR count). The average Bonchev–Trinajstić information content (AvgIpc) is 2.48. The summed E-state index contributed by atoms with van der Waals surface area (Å²) in [5.74, 6) is 1.26. The van der Waals surface area contributed by atoms with E-state index in [-0.39, 0.29) is 0 Å². The lowest BCUT2D eigenvalue weighted by atomic mass is 9.98. The number of piperidine rings is 1. The number of methoxy groups -OCH3 is 1. The molecule has 6 nitrogen and oxygen atoms in total. The van der Waals surface area contributed by atoms with E-state index in [0.29, 0.717) is 12.5 Å². The van der Waals surface area contributed by atoms with Crippen LogP contribution in [0, 0.1) is 19.8 Å². The van der Waals surface area contributed by atoms with Gasteiger partial charge in [-0.3, -0.25) is 9.88 Å². The number of aromatic nitrogens is 1. The van der Waals surface area contributed by atoms with Crippen LogP contribution in [0.25, 0.3) is 0 Å². The van der Waals surface area contributed by atoms with Gasteiger partial charge in [0.15, 0.2) is 0 Å². The number of rotatable bonds is 6. The van der Waals surface area contributed by atoms with Crippen LogP contribution in [0.15, 0.2) is 6.20 Å². The third kappa shape index (κ3) is 5.16. The summed E-state index contributed by atoms with van der Waals surface area (Å²) >= 11 is 0. The first-order valence-corrected chi connectivity index (χ1v) is 9.85.